The van der Waals surface area contributed by atoms with Crippen LogP contribution in [0.15, 0.2) is 41.8 Å². The standard InChI is InChI=1S/C14H13NS2/c1-10-2-4-13(17-10)9-15-12-3-5-14-11(8-12)6-7-16-14/h2-8,15H,9H2,1H3. The van der Waals surface area contributed by atoms with Gasteiger partial charge in [0.2, 0.25) is 0 Å². The van der Waals surface area contributed by atoms with Gasteiger partial charge in [0.15, 0.2) is 0 Å². The van der Waals surface area contributed by atoms with Crippen LogP contribution >= 0.6 is 22.7 Å². The van der Waals surface area contributed by atoms with Crippen molar-refractivity contribution in [3.8, 4) is 0 Å². The Morgan fingerprint density at radius 3 is 2.88 bits per heavy atom. The predicted octanol–water partition coefficient (Wildman–Crippen LogP) is 4.88. The molecule has 0 fully saturated rings. The fraction of sp³-hybridized carbons (Fsp3) is 0.143. The van der Waals surface area contributed by atoms with Crippen molar-refractivity contribution < 1.29 is 0 Å². The van der Waals surface area contributed by atoms with E-state index in [9.17, 15) is 0 Å². The lowest BCUT2D eigenvalue weighted by molar-refractivity contribution is 1.20. The Morgan fingerprint density at radius 2 is 2.06 bits per heavy atom. The molecule has 0 bridgehead atoms. The molecule has 1 aromatic carbocycles. The Kier molecular flexibility index (Phi) is 2.87. The first-order valence-corrected chi connectivity index (χ1v) is 7.27. The molecule has 3 rings (SSSR count). The Bertz CT molecular complexity index is 636. The molecule has 2 aromatic heterocycles. The number of benzene rings is 1. The van der Waals surface area contributed by atoms with E-state index in [-0.39, 0.29) is 0 Å². The van der Waals surface area contributed by atoms with Crippen molar-refractivity contribution in [2.45, 2.75) is 13.5 Å². The van der Waals surface area contributed by atoms with Crippen molar-refractivity contribution in [2.75, 3.05) is 5.32 Å². The van der Waals surface area contributed by atoms with Gasteiger partial charge in [0.05, 0.1) is 0 Å². The summed E-state index contributed by atoms with van der Waals surface area (Å²) in [4.78, 5) is 2.75. The minimum absolute atomic E-state index is 0.911. The Hall–Kier alpha value is -1.32. The number of rotatable bonds is 3. The molecule has 86 valence electrons. The number of anilines is 1. The summed E-state index contributed by atoms with van der Waals surface area (Å²) in [5, 5.41) is 6.93. The average Bonchev–Trinajstić information content (AvgIpc) is 2.94. The van der Waals surface area contributed by atoms with Crippen LogP contribution in [0.25, 0.3) is 10.1 Å². The number of aryl methyl sites for hydroxylation is 1. The fourth-order valence-corrected chi connectivity index (χ4v) is 3.45. The summed E-state index contributed by atoms with van der Waals surface area (Å²) in [6.45, 7) is 3.06. The number of hydrogen-bond donors (Lipinski definition) is 1. The molecule has 3 aromatic rings. The first-order valence-electron chi connectivity index (χ1n) is 5.58. The van der Waals surface area contributed by atoms with E-state index >= 15 is 0 Å². The van der Waals surface area contributed by atoms with Gasteiger partial charge >= 0.3 is 0 Å². The number of hydrogen-bond acceptors (Lipinski definition) is 3. The van der Waals surface area contributed by atoms with Crippen molar-refractivity contribution in [1.82, 2.24) is 0 Å². The first-order chi connectivity index (χ1) is 8.31. The van der Waals surface area contributed by atoms with Gasteiger partial charge in [-0.05, 0) is 54.1 Å². The quantitative estimate of drug-likeness (QED) is 0.706. The van der Waals surface area contributed by atoms with Gasteiger partial charge in [0.1, 0.15) is 0 Å². The second-order valence-corrected chi connectivity index (χ2v) is 6.36. The second kappa shape index (κ2) is 4.51. The van der Waals surface area contributed by atoms with E-state index in [0.717, 1.165) is 6.54 Å². The zero-order valence-electron chi connectivity index (χ0n) is 9.57. The highest BCUT2D eigenvalue weighted by Crippen LogP contribution is 2.24. The third-order valence-electron chi connectivity index (χ3n) is 2.72. The van der Waals surface area contributed by atoms with Gasteiger partial charge in [0.25, 0.3) is 0 Å². The summed E-state index contributed by atoms with van der Waals surface area (Å²) in [5.74, 6) is 0. The van der Waals surface area contributed by atoms with Crippen LogP contribution in [0, 0.1) is 6.92 Å². The normalized spacial score (nSPS) is 10.9. The average molecular weight is 259 g/mol. The maximum atomic E-state index is 3.47. The SMILES string of the molecule is Cc1ccc(CNc2ccc3sccc3c2)s1. The Morgan fingerprint density at radius 1 is 1.12 bits per heavy atom. The molecule has 0 atom stereocenters. The number of thiophene rings is 2. The van der Waals surface area contributed by atoms with Crippen molar-refractivity contribution in [3.05, 3.63) is 51.5 Å². The van der Waals surface area contributed by atoms with E-state index in [1.807, 2.05) is 11.3 Å². The molecule has 0 saturated carbocycles. The van der Waals surface area contributed by atoms with Crippen LogP contribution in [0.4, 0.5) is 5.69 Å². The van der Waals surface area contributed by atoms with Crippen molar-refractivity contribution in [3.63, 3.8) is 0 Å². The van der Waals surface area contributed by atoms with Crippen LogP contribution in [0.3, 0.4) is 0 Å². The maximum absolute atomic E-state index is 3.47. The molecule has 0 saturated heterocycles. The largest absolute Gasteiger partial charge is 0.380 e. The van der Waals surface area contributed by atoms with E-state index in [1.165, 1.54) is 25.5 Å². The topological polar surface area (TPSA) is 12.0 Å². The van der Waals surface area contributed by atoms with E-state index in [1.54, 1.807) is 11.3 Å². The number of nitrogens with one attached hydrogen (secondary N) is 1. The molecule has 17 heavy (non-hydrogen) atoms. The summed E-state index contributed by atoms with van der Waals surface area (Å²) in [6.07, 6.45) is 0. The Balaban J connectivity index is 1.76. The highest BCUT2D eigenvalue weighted by Gasteiger charge is 1.99. The van der Waals surface area contributed by atoms with E-state index in [2.05, 4.69) is 54.0 Å². The summed E-state index contributed by atoms with van der Waals surface area (Å²) in [7, 11) is 0. The van der Waals surface area contributed by atoms with Crippen molar-refractivity contribution >= 4 is 38.4 Å². The molecule has 0 spiro atoms. The van der Waals surface area contributed by atoms with Crippen LogP contribution in [-0.2, 0) is 6.54 Å². The molecule has 3 heteroatoms. The smallest absolute Gasteiger partial charge is 0.0494 e. The lowest BCUT2D eigenvalue weighted by Gasteiger charge is -2.04. The summed E-state index contributed by atoms with van der Waals surface area (Å²) < 4.78 is 1.35. The molecule has 0 aliphatic carbocycles. The molecule has 0 aliphatic rings. The van der Waals surface area contributed by atoms with Gasteiger partial charge in [-0.1, -0.05) is 0 Å². The highest BCUT2D eigenvalue weighted by atomic mass is 32.1. The lowest BCUT2D eigenvalue weighted by Crippen LogP contribution is -1.96. The zero-order valence-corrected chi connectivity index (χ0v) is 11.2. The van der Waals surface area contributed by atoms with Crippen LogP contribution in [0.5, 0.6) is 0 Å². The van der Waals surface area contributed by atoms with Crippen LogP contribution in [0.2, 0.25) is 0 Å². The number of fused-ring (bicyclic) bond motifs is 1. The Labute approximate surface area is 109 Å². The summed E-state index contributed by atoms with van der Waals surface area (Å²) >= 11 is 3.64. The van der Waals surface area contributed by atoms with Gasteiger partial charge in [-0.15, -0.1) is 22.7 Å². The van der Waals surface area contributed by atoms with Crippen molar-refractivity contribution in [2.24, 2.45) is 0 Å². The lowest BCUT2D eigenvalue weighted by atomic mass is 10.2. The van der Waals surface area contributed by atoms with Gasteiger partial charge in [-0.2, -0.15) is 0 Å². The monoisotopic (exact) mass is 259 g/mol. The molecular weight excluding hydrogens is 246 g/mol. The highest BCUT2D eigenvalue weighted by molar-refractivity contribution is 7.17. The van der Waals surface area contributed by atoms with Gasteiger partial charge in [-0.25, -0.2) is 0 Å². The molecule has 0 amide bonds. The van der Waals surface area contributed by atoms with Crippen LogP contribution in [0.1, 0.15) is 9.75 Å². The minimum atomic E-state index is 0.911. The van der Waals surface area contributed by atoms with Gasteiger partial charge in [0, 0.05) is 26.7 Å². The maximum Gasteiger partial charge on any atom is 0.0494 e. The molecule has 0 radical (unpaired) electrons. The molecule has 0 unspecified atom stereocenters. The molecule has 1 N–H and O–H groups in total. The second-order valence-electron chi connectivity index (χ2n) is 4.04. The summed E-state index contributed by atoms with van der Waals surface area (Å²) in [5.41, 5.74) is 1.20. The van der Waals surface area contributed by atoms with Gasteiger partial charge in [-0.3, -0.25) is 0 Å². The molecule has 1 nitrogen and oxygen atoms in total. The third kappa shape index (κ3) is 2.35. The molecular formula is C14H13NS2. The van der Waals surface area contributed by atoms with Gasteiger partial charge < -0.3 is 5.32 Å². The van der Waals surface area contributed by atoms with Crippen LogP contribution < -0.4 is 5.32 Å². The zero-order chi connectivity index (χ0) is 11.7. The fourth-order valence-electron chi connectivity index (χ4n) is 1.85. The van der Waals surface area contributed by atoms with E-state index < -0.39 is 0 Å². The third-order valence-corrected chi connectivity index (χ3v) is 4.61. The summed E-state index contributed by atoms with van der Waals surface area (Å²) in [6, 6.07) is 13.1. The molecule has 0 aliphatic heterocycles. The molecule has 2 heterocycles. The first kappa shape index (κ1) is 10.8. The van der Waals surface area contributed by atoms with Crippen molar-refractivity contribution in [1.29, 1.82) is 0 Å². The predicted molar refractivity (Wildman–Crippen MR) is 78.2 cm³/mol. The minimum Gasteiger partial charge on any atom is -0.380 e. The van der Waals surface area contributed by atoms with Crippen LogP contribution in [-0.4, -0.2) is 0 Å². The van der Waals surface area contributed by atoms with E-state index in [4.69, 9.17) is 0 Å². The van der Waals surface area contributed by atoms with E-state index in [0.29, 0.717) is 0 Å².